The number of carbonyl (C=O) groups is 2. The molecule has 1 aliphatic heterocycles. The van der Waals surface area contributed by atoms with Gasteiger partial charge in [-0.1, -0.05) is 24.3 Å². The highest BCUT2D eigenvalue weighted by molar-refractivity contribution is 5.98. The van der Waals surface area contributed by atoms with Crippen molar-refractivity contribution in [3.63, 3.8) is 0 Å². The minimum atomic E-state index is -4.47. The van der Waals surface area contributed by atoms with E-state index < -0.39 is 17.2 Å². The van der Waals surface area contributed by atoms with Gasteiger partial charge in [0.2, 0.25) is 5.91 Å². The minimum Gasteiger partial charge on any atom is -0.461 e. The number of rotatable bonds is 8. The number of Topliss-reactive ketones (excluding diaryl/α,β-unsaturated/α-hetero) is 1. The number of nitrogens with one attached hydrogen (secondary N) is 2. The number of ether oxygens (including phenoxy) is 1. The molecule has 1 aromatic heterocycles. The normalized spacial score (nSPS) is 18.0. The predicted molar refractivity (Wildman–Crippen MR) is 119 cm³/mol. The van der Waals surface area contributed by atoms with E-state index in [9.17, 15) is 22.8 Å². The summed E-state index contributed by atoms with van der Waals surface area (Å²) in [5.74, 6) is -0.347. The lowest BCUT2D eigenvalue weighted by atomic mass is 9.80. The number of para-hydroxylation sites is 1. The van der Waals surface area contributed by atoms with Crippen LogP contribution in [0.3, 0.4) is 0 Å². The van der Waals surface area contributed by atoms with Crippen molar-refractivity contribution < 1.29 is 31.9 Å². The van der Waals surface area contributed by atoms with Gasteiger partial charge in [-0.25, -0.2) is 0 Å². The molecule has 0 unspecified atom stereocenters. The van der Waals surface area contributed by atoms with Crippen LogP contribution in [-0.4, -0.2) is 24.9 Å². The molecule has 2 heterocycles. The van der Waals surface area contributed by atoms with E-state index in [1.54, 1.807) is 36.4 Å². The van der Waals surface area contributed by atoms with Gasteiger partial charge in [-0.15, -0.1) is 0 Å². The summed E-state index contributed by atoms with van der Waals surface area (Å²) in [5, 5.41) is 5.65. The maximum Gasteiger partial charge on any atom is 0.418 e. The van der Waals surface area contributed by atoms with Crippen LogP contribution < -0.4 is 10.6 Å². The Bertz CT molecular complexity index is 1140. The van der Waals surface area contributed by atoms with Crippen molar-refractivity contribution in [2.75, 3.05) is 18.5 Å². The highest BCUT2D eigenvalue weighted by atomic mass is 19.4. The largest absolute Gasteiger partial charge is 0.461 e. The molecule has 0 spiro atoms. The number of anilines is 2. The second-order valence-electron chi connectivity index (χ2n) is 8.21. The molecule has 1 aliphatic rings. The lowest BCUT2D eigenvalue weighted by molar-refractivity contribution is -0.137. The fourth-order valence-corrected chi connectivity index (χ4v) is 3.91. The zero-order valence-electron chi connectivity index (χ0n) is 18.2. The minimum absolute atomic E-state index is 0.0200. The number of carbonyl (C=O) groups excluding carboxylic acids is 2. The smallest absolute Gasteiger partial charge is 0.418 e. The number of hydrogen-bond donors (Lipinski definition) is 2. The summed E-state index contributed by atoms with van der Waals surface area (Å²) in [7, 11) is 0. The summed E-state index contributed by atoms with van der Waals surface area (Å²) in [4.78, 5) is 25.5. The van der Waals surface area contributed by atoms with E-state index in [0.717, 1.165) is 11.6 Å². The second-order valence-corrected chi connectivity index (χ2v) is 8.21. The molecule has 0 radical (unpaired) electrons. The van der Waals surface area contributed by atoms with Crippen LogP contribution in [0.2, 0.25) is 0 Å². The molecule has 1 atom stereocenters. The summed E-state index contributed by atoms with van der Waals surface area (Å²) < 4.78 is 50.2. The Labute approximate surface area is 194 Å². The average molecular weight is 472 g/mol. The van der Waals surface area contributed by atoms with Gasteiger partial charge in [0.15, 0.2) is 11.5 Å². The third-order valence-corrected chi connectivity index (χ3v) is 5.80. The first-order valence-corrected chi connectivity index (χ1v) is 10.7. The molecule has 34 heavy (non-hydrogen) atoms. The Morgan fingerprint density at radius 1 is 1.00 bits per heavy atom. The summed E-state index contributed by atoms with van der Waals surface area (Å²) in [6.45, 7) is 0.736. The van der Waals surface area contributed by atoms with Crippen molar-refractivity contribution >= 4 is 23.1 Å². The van der Waals surface area contributed by atoms with E-state index >= 15 is 0 Å². The first kappa shape index (κ1) is 23.6. The standard InChI is InChI=1S/C25H23F3N2O4/c26-25(27,28)19-4-1-2-5-20(19)30-18-9-7-17(8-10-18)15-29-23(32)24(11-13-33-16-24)14-21(31)22-6-3-12-34-22/h1-10,12,30H,11,13-16H2,(H,29,32)/t24-/m0/s1. The summed E-state index contributed by atoms with van der Waals surface area (Å²) in [6.07, 6.45) is -2.65. The molecule has 6 nitrogen and oxygen atoms in total. The van der Waals surface area contributed by atoms with Gasteiger partial charge < -0.3 is 19.8 Å². The Hall–Kier alpha value is -3.59. The first-order valence-electron chi connectivity index (χ1n) is 10.7. The molecule has 178 valence electrons. The van der Waals surface area contributed by atoms with Gasteiger partial charge in [0.25, 0.3) is 0 Å². The van der Waals surface area contributed by atoms with Crippen molar-refractivity contribution in [2.45, 2.75) is 25.6 Å². The van der Waals surface area contributed by atoms with Crippen molar-refractivity contribution in [1.29, 1.82) is 0 Å². The Morgan fingerprint density at radius 3 is 2.41 bits per heavy atom. The highest BCUT2D eigenvalue weighted by Gasteiger charge is 2.44. The predicted octanol–water partition coefficient (Wildman–Crippen LogP) is 5.34. The van der Waals surface area contributed by atoms with Crippen LogP contribution in [0.5, 0.6) is 0 Å². The first-order chi connectivity index (χ1) is 16.3. The van der Waals surface area contributed by atoms with Crippen LogP contribution in [0.1, 0.15) is 34.5 Å². The molecule has 0 aliphatic carbocycles. The topological polar surface area (TPSA) is 80.6 Å². The fraction of sp³-hybridized carbons (Fsp3) is 0.280. The van der Waals surface area contributed by atoms with E-state index in [-0.39, 0.29) is 42.7 Å². The lowest BCUT2D eigenvalue weighted by Gasteiger charge is -2.25. The average Bonchev–Trinajstić information content (AvgIpc) is 3.51. The van der Waals surface area contributed by atoms with E-state index in [4.69, 9.17) is 9.15 Å². The molecule has 4 rings (SSSR count). The Balaban J connectivity index is 1.38. The molecule has 1 fully saturated rings. The van der Waals surface area contributed by atoms with Crippen LogP contribution in [0.25, 0.3) is 0 Å². The van der Waals surface area contributed by atoms with E-state index in [1.165, 1.54) is 24.5 Å². The monoisotopic (exact) mass is 472 g/mol. The van der Waals surface area contributed by atoms with E-state index in [1.807, 2.05) is 0 Å². The van der Waals surface area contributed by atoms with Crippen molar-refractivity contribution in [3.8, 4) is 0 Å². The third-order valence-electron chi connectivity index (χ3n) is 5.80. The molecule has 0 bridgehead atoms. The summed E-state index contributed by atoms with van der Waals surface area (Å²) >= 11 is 0. The summed E-state index contributed by atoms with van der Waals surface area (Å²) in [5.41, 5.74) is -0.516. The van der Waals surface area contributed by atoms with Gasteiger partial charge in [0, 0.05) is 25.3 Å². The van der Waals surface area contributed by atoms with Gasteiger partial charge in [-0.2, -0.15) is 13.2 Å². The van der Waals surface area contributed by atoms with E-state index in [2.05, 4.69) is 10.6 Å². The SMILES string of the molecule is O=C(C[C@@]1(C(=O)NCc2ccc(Nc3ccccc3C(F)(F)F)cc2)CCOC1)c1ccco1. The number of alkyl halides is 3. The molecule has 9 heteroatoms. The summed E-state index contributed by atoms with van der Waals surface area (Å²) in [6, 6.07) is 15.1. The van der Waals surface area contributed by atoms with Gasteiger partial charge >= 0.3 is 6.18 Å². The molecule has 0 saturated carbocycles. The zero-order chi connectivity index (χ0) is 24.2. The number of furan rings is 1. The number of amides is 1. The van der Waals surface area contributed by atoms with Crippen molar-refractivity contribution in [1.82, 2.24) is 5.32 Å². The van der Waals surface area contributed by atoms with Crippen LogP contribution in [0.4, 0.5) is 24.5 Å². The van der Waals surface area contributed by atoms with Gasteiger partial charge in [0.05, 0.1) is 29.5 Å². The van der Waals surface area contributed by atoms with Crippen molar-refractivity contribution in [2.24, 2.45) is 5.41 Å². The maximum absolute atomic E-state index is 13.2. The number of benzene rings is 2. The van der Waals surface area contributed by atoms with Crippen LogP contribution in [0, 0.1) is 5.41 Å². The number of halogens is 3. The maximum atomic E-state index is 13.2. The Morgan fingerprint density at radius 2 is 1.76 bits per heavy atom. The molecule has 1 amide bonds. The molecular weight excluding hydrogens is 449 g/mol. The lowest BCUT2D eigenvalue weighted by Crippen LogP contribution is -2.42. The molecule has 1 saturated heterocycles. The zero-order valence-corrected chi connectivity index (χ0v) is 18.2. The van der Waals surface area contributed by atoms with Gasteiger partial charge in [-0.05, 0) is 48.4 Å². The van der Waals surface area contributed by atoms with Gasteiger partial charge in [-0.3, -0.25) is 9.59 Å². The van der Waals surface area contributed by atoms with Crippen LogP contribution in [0.15, 0.2) is 71.3 Å². The number of hydrogen-bond acceptors (Lipinski definition) is 5. The number of ketones is 1. The molecule has 2 aromatic carbocycles. The fourth-order valence-electron chi connectivity index (χ4n) is 3.91. The highest BCUT2D eigenvalue weighted by Crippen LogP contribution is 2.36. The molecule has 3 aromatic rings. The third kappa shape index (κ3) is 5.31. The molecule has 2 N–H and O–H groups in total. The Kier molecular flexibility index (Phi) is 6.74. The quantitative estimate of drug-likeness (QED) is 0.433. The second kappa shape index (κ2) is 9.72. The van der Waals surface area contributed by atoms with Crippen LogP contribution >= 0.6 is 0 Å². The molecular formula is C25H23F3N2O4. The van der Waals surface area contributed by atoms with E-state index in [0.29, 0.717) is 18.7 Å². The van der Waals surface area contributed by atoms with Gasteiger partial charge in [0.1, 0.15) is 0 Å². The van der Waals surface area contributed by atoms with Crippen molar-refractivity contribution in [3.05, 3.63) is 83.8 Å². The van der Waals surface area contributed by atoms with Crippen LogP contribution in [-0.2, 0) is 22.3 Å².